The van der Waals surface area contributed by atoms with Gasteiger partial charge in [0.25, 0.3) is 0 Å². The van der Waals surface area contributed by atoms with E-state index in [1.807, 2.05) is 24.3 Å². The average Bonchev–Trinajstić information content (AvgIpc) is 2.83. The molecule has 0 saturated heterocycles. The summed E-state index contributed by atoms with van der Waals surface area (Å²) in [6, 6.07) is 23.2. The van der Waals surface area contributed by atoms with Crippen LogP contribution in [0.4, 0.5) is 8.78 Å². The zero-order chi connectivity index (χ0) is 23.2. The van der Waals surface area contributed by atoms with E-state index in [-0.39, 0.29) is 10.8 Å². The lowest BCUT2D eigenvalue weighted by Gasteiger charge is -2.10. The summed E-state index contributed by atoms with van der Waals surface area (Å²) in [5, 5.41) is 1.63. The second-order valence-corrected chi connectivity index (χ2v) is 8.81. The third-order valence-corrected chi connectivity index (χ3v) is 6.39. The Kier molecular flexibility index (Phi) is 7.74. The molecular weight excluding hydrogens is 438 g/mol. The summed E-state index contributed by atoms with van der Waals surface area (Å²) in [6.07, 6.45) is 3.82. The van der Waals surface area contributed by atoms with Gasteiger partial charge in [0.1, 0.15) is 11.6 Å². The van der Waals surface area contributed by atoms with E-state index < -0.39 is 5.82 Å². The molecule has 4 aromatic carbocycles. The van der Waals surface area contributed by atoms with Gasteiger partial charge in [0.05, 0.1) is 11.6 Å². The Hall–Kier alpha value is -2.75. The first-order valence-corrected chi connectivity index (χ1v) is 11.6. The van der Waals surface area contributed by atoms with Gasteiger partial charge in [-0.25, -0.2) is 8.78 Å². The van der Waals surface area contributed by atoms with Gasteiger partial charge in [-0.05, 0) is 77.4 Å². The van der Waals surface area contributed by atoms with Gasteiger partial charge in [-0.2, -0.15) is 0 Å². The van der Waals surface area contributed by atoms with E-state index in [0.29, 0.717) is 23.8 Å². The minimum Gasteiger partial charge on any atom is -0.384 e. The first kappa shape index (κ1) is 23.4. The molecule has 0 radical (unpaired) electrons. The van der Waals surface area contributed by atoms with Crippen LogP contribution in [0.2, 0.25) is 5.02 Å². The normalized spacial score (nSPS) is 11.3. The highest BCUT2D eigenvalue weighted by atomic mass is 35.5. The van der Waals surface area contributed by atoms with E-state index in [2.05, 4.69) is 30.3 Å². The molecule has 0 N–H and O–H groups in total. The van der Waals surface area contributed by atoms with E-state index in [4.69, 9.17) is 16.3 Å². The van der Waals surface area contributed by atoms with Crippen LogP contribution in [0.25, 0.3) is 10.8 Å². The van der Waals surface area contributed by atoms with E-state index in [0.717, 1.165) is 36.8 Å². The number of aryl methyl sites for hydroxylation is 4. The van der Waals surface area contributed by atoms with Crippen LogP contribution in [0.1, 0.15) is 27.8 Å². The molecule has 0 bridgehead atoms. The number of halogens is 3. The summed E-state index contributed by atoms with van der Waals surface area (Å²) in [5.41, 5.74) is 5.20. The number of methoxy groups -OCH3 is 1. The Bertz CT molecular complexity index is 1230. The van der Waals surface area contributed by atoms with Crippen molar-refractivity contribution in [2.75, 3.05) is 13.7 Å². The summed E-state index contributed by atoms with van der Waals surface area (Å²) in [6.45, 7) is 0.731. The molecule has 170 valence electrons. The summed E-state index contributed by atoms with van der Waals surface area (Å²) >= 11 is 5.74. The number of hydrogen-bond acceptors (Lipinski definition) is 1. The maximum Gasteiger partial charge on any atom is 0.142 e. The molecule has 1 nitrogen and oxygen atoms in total. The smallest absolute Gasteiger partial charge is 0.142 e. The molecule has 0 aliphatic heterocycles. The summed E-state index contributed by atoms with van der Waals surface area (Å²) in [5.74, 6) is -0.636. The minimum atomic E-state index is -0.442. The molecule has 0 saturated carbocycles. The lowest BCUT2D eigenvalue weighted by molar-refractivity contribution is 0.202. The van der Waals surface area contributed by atoms with Gasteiger partial charge in [-0.1, -0.05) is 72.3 Å². The standard InChI is InChI=1S/C29H27ClF2O/c1-33-17-16-21-4-2-20(3-5-21)6-7-22-9-14-26-25(18-22)13-12-24(29(26)32)11-8-23-10-15-27(30)28(31)19-23/h2-5,9-10,12-15,18-19H,6-8,11,16-17H2,1H3. The van der Waals surface area contributed by atoms with E-state index in [1.165, 1.54) is 22.8 Å². The van der Waals surface area contributed by atoms with E-state index in [1.54, 1.807) is 19.2 Å². The third-order valence-electron chi connectivity index (χ3n) is 6.09. The molecular formula is C29H27ClF2O. The highest BCUT2D eigenvalue weighted by Gasteiger charge is 2.10. The Morgan fingerprint density at radius 2 is 1.27 bits per heavy atom. The van der Waals surface area contributed by atoms with Crippen LogP contribution >= 0.6 is 11.6 Å². The first-order valence-electron chi connectivity index (χ1n) is 11.2. The number of benzene rings is 4. The van der Waals surface area contributed by atoms with Crippen LogP contribution < -0.4 is 0 Å². The molecule has 0 atom stereocenters. The van der Waals surface area contributed by atoms with Gasteiger partial charge < -0.3 is 4.74 Å². The van der Waals surface area contributed by atoms with E-state index in [9.17, 15) is 4.39 Å². The number of ether oxygens (including phenoxy) is 1. The van der Waals surface area contributed by atoms with Gasteiger partial charge in [0, 0.05) is 12.5 Å². The summed E-state index contributed by atoms with van der Waals surface area (Å²) in [7, 11) is 1.72. The van der Waals surface area contributed by atoms with Crippen molar-refractivity contribution < 1.29 is 13.5 Å². The molecule has 4 heteroatoms. The van der Waals surface area contributed by atoms with E-state index >= 15 is 4.39 Å². The molecule has 0 aliphatic rings. The fraction of sp³-hybridized carbons (Fsp3) is 0.241. The molecule has 0 aliphatic carbocycles. The zero-order valence-electron chi connectivity index (χ0n) is 18.7. The molecule has 0 unspecified atom stereocenters. The lowest BCUT2D eigenvalue weighted by atomic mass is 9.97. The van der Waals surface area contributed by atoms with Crippen LogP contribution in [-0.4, -0.2) is 13.7 Å². The van der Waals surface area contributed by atoms with Gasteiger partial charge >= 0.3 is 0 Å². The van der Waals surface area contributed by atoms with Crippen molar-refractivity contribution in [3.63, 3.8) is 0 Å². The molecule has 33 heavy (non-hydrogen) atoms. The summed E-state index contributed by atoms with van der Waals surface area (Å²) in [4.78, 5) is 0. The van der Waals surface area contributed by atoms with Crippen molar-refractivity contribution in [3.05, 3.63) is 117 Å². The topological polar surface area (TPSA) is 9.23 Å². The maximum atomic E-state index is 15.1. The molecule has 0 aromatic heterocycles. The highest BCUT2D eigenvalue weighted by molar-refractivity contribution is 6.30. The average molecular weight is 465 g/mol. The van der Waals surface area contributed by atoms with Crippen LogP contribution in [0.3, 0.4) is 0 Å². The van der Waals surface area contributed by atoms with Gasteiger partial charge in [0.2, 0.25) is 0 Å². The molecule has 0 heterocycles. The minimum absolute atomic E-state index is 0.102. The Balaban J connectivity index is 1.41. The molecule has 0 spiro atoms. The predicted molar refractivity (Wildman–Crippen MR) is 132 cm³/mol. The lowest BCUT2D eigenvalue weighted by Crippen LogP contribution is -1.98. The second kappa shape index (κ2) is 10.9. The van der Waals surface area contributed by atoms with Crippen molar-refractivity contribution in [2.45, 2.75) is 32.1 Å². The molecule has 4 rings (SSSR count). The molecule has 4 aromatic rings. The Morgan fingerprint density at radius 3 is 2.00 bits per heavy atom. The van der Waals surface area contributed by atoms with Crippen LogP contribution in [0, 0.1) is 11.6 Å². The Labute approximate surface area is 199 Å². The fourth-order valence-electron chi connectivity index (χ4n) is 4.09. The Morgan fingerprint density at radius 1 is 0.667 bits per heavy atom. The van der Waals surface area contributed by atoms with Crippen molar-refractivity contribution in [1.29, 1.82) is 0 Å². The number of rotatable bonds is 9. The maximum absolute atomic E-state index is 15.1. The van der Waals surface area contributed by atoms with Crippen molar-refractivity contribution in [2.24, 2.45) is 0 Å². The van der Waals surface area contributed by atoms with Gasteiger partial charge in [0.15, 0.2) is 0 Å². The third kappa shape index (κ3) is 5.98. The largest absolute Gasteiger partial charge is 0.384 e. The highest BCUT2D eigenvalue weighted by Crippen LogP contribution is 2.25. The van der Waals surface area contributed by atoms with Crippen molar-refractivity contribution in [3.8, 4) is 0 Å². The number of hydrogen-bond donors (Lipinski definition) is 0. The quantitative estimate of drug-likeness (QED) is 0.249. The molecule has 0 fully saturated rings. The van der Waals surface area contributed by atoms with Crippen LogP contribution in [0.5, 0.6) is 0 Å². The number of fused-ring (bicyclic) bond motifs is 1. The monoisotopic (exact) mass is 464 g/mol. The van der Waals surface area contributed by atoms with Gasteiger partial charge in [-0.15, -0.1) is 0 Å². The zero-order valence-corrected chi connectivity index (χ0v) is 19.5. The fourth-order valence-corrected chi connectivity index (χ4v) is 4.21. The SMILES string of the molecule is COCCc1ccc(CCc2ccc3c(F)c(CCc4ccc(Cl)c(F)c4)ccc3c2)cc1. The second-order valence-electron chi connectivity index (χ2n) is 8.40. The predicted octanol–water partition coefficient (Wildman–Crippen LogP) is 7.53. The van der Waals surface area contributed by atoms with Crippen molar-refractivity contribution >= 4 is 22.4 Å². The summed E-state index contributed by atoms with van der Waals surface area (Å²) < 4.78 is 33.9. The van der Waals surface area contributed by atoms with Crippen LogP contribution in [0.15, 0.2) is 72.8 Å². The van der Waals surface area contributed by atoms with Crippen LogP contribution in [-0.2, 0) is 36.8 Å². The molecule has 0 amide bonds. The van der Waals surface area contributed by atoms with Crippen molar-refractivity contribution in [1.82, 2.24) is 0 Å². The van der Waals surface area contributed by atoms with Gasteiger partial charge in [-0.3, -0.25) is 0 Å². The first-order chi connectivity index (χ1) is 16.0.